The predicted octanol–water partition coefficient (Wildman–Crippen LogP) is 4.79. The Labute approximate surface area is 131 Å². The second kappa shape index (κ2) is 6.94. The van der Waals surface area contributed by atoms with Gasteiger partial charge >= 0.3 is 0 Å². The third kappa shape index (κ3) is 3.37. The van der Waals surface area contributed by atoms with Crippen LogP contribution in [0, 0.1) is 0 Å². The lowest BCUT2D eigenvalue weighted by Gasteiger charge is -2.19. The first-order valence-electron chi connectivity index (χ1n) is 7.68. The zero-order valence-electron chi connectivity index (χ0n) is 12.7. The second-order valence-electron chi connectivity index (χ2n) is 5.25. The summed E-state index contributed by atoms with van der Waals surface area (Å²) < 4.78 is 8.02. The fourth-order valence-corrected chi connectivity index (χ4v) is 2.49. The molecule has 0 fully saturated rings. The van der Waals surface area contributed by atoms with Gasteiger partial charge in [0.1, 0.15) is 11.9 Å². The van der Waals surface area contributed by atoms with Crippen LogP contribution in [0.1, 0.15) is 31.4 Å². The normalized spacial score (nSPS) is 12.0. The molecule has 2 aromatic carbocycles. The van der Waals surface area contributed by atoms with Gasteiger partial charge in [-0.3, -0.25) is 0 Å². The number of nitrogens with zero attached hydrogens (tertiary/aromatic N) is 2. The van der Waals surface area contributed by atoms with Crippen molar-refractivity contribution in [2.75, 3.05) is 0 Å². The van der Waals surface area contributed by atoms with Crippen LogP contribution in [0.15, 0.2) is 73.1 Å². The molecule has 0 amide bonds. The van der Waals surface area contributed by atoms with Crippen molar-refractivity contribution in [2.24, 2.45) is 0 Å². The summed E-state index contributed by atoms with van der Waals surface area (Å²) in [5.41, 5.74) is 2.25. The van der Waals surface area contributed by atoms with Gasteiger partial charge in [-0.05, 0) is 42.3 Å². The van der Waals surface area contributed by atoms with E-state index in [1.165, 1.54) is 5.56 Å². The summed E-state index contributed by atoms with van der Waals surface area (Å²) in [6.07, 6.45) is 5.90. The summed E-state index contributed by atoms with van der Waals surface area (Å²) in [5, 5.41) is 4.23. The predicted molar refractivity (Wildman–Crippen MR) is 88.3 cm³/mol. The molecule has 0 saturated carbocycles. The molecule has 1 aromatic heterocycles. The molecular weight excluding hydrogens is 272 g/mol. The average molecular weight is 292 g/mol. The largest absolute Gasteiger partial charge is 0.486 e. The van der Waals surface area contributed by atoms with Gasteiger partial charge in [0, 0.05) is 12.4 Å². The highest BCUT2D eigenvalue weighted by Crippen LogP contribution is 2.26. The van der Waals surface area contributed by atoms with Crippen molar-refractivity contribution in [1.29, 1.82) is 0 Å². The molecule has 3 aromatic rings. The second-order valence-corrected chi connectivity index (χ2v) is 5.25. The highest BCUT2D eigenvalue weighted by Gasteiger charge is 2.12. The summed E-state index contributed by atoms with van der Waals surface area (Å²) >= 11 is 0. The topological polar surface area (TPSA) is 27.1 Å². The summed E-state index contributed by atoms with van der Waals surface area (Å²) in [7, 11) is 0. The summed E-state index contributed by atoms with van der Waals surface area (Å²) in [5.74, 6) is 0.887. The monoisotopic (exact) mass is 292 g/mol. The molecule has 0 N–H and O–H groups in total. The molecule has 112 valence electrons. The lowest BCUT2D eigenvalue weighted by atomic mass is 10.1. The first-order chi connectivity index (χ1) is 10.9. The fraction of sp³-hybridized carbons (Fsp3) is 0.211. The van der Waals surface area contributed by atoms with Crippen LogP contribution in [-0.2, 0) is 0 Å². The Balaban J connectivity index is 1.75. The molecule has 1 heterocycles. The lowest BCUT2D eigenvalue weighted by molar-refractivity contribution is 0.194. The maximum Gasteiger partial charge on any atom is 0.124 e. The third-order valence-corrected chi connectivity index (χ3v) is 3.61. The number of rotatable bonds is 6. The van der Waals surface area contributed by atoms with Crippen molar-refractivity contribution in [3.05, 3.63) is 78.6 Å². The Kier molecular flexibility index (Phi) is 4.54. The Hall–Kier alpha value is -2.55. The van der Waals surface area contributed by atoms with Crippen LogP contribution in [0.2, 0.25) is 0 Å². The van der Waals surface area contributed by atoms with Gasteiger partial charge in [0.15, 0.2) is 0 Å². The van der Waals surface area contributed by atoms with Crippen molar-refractivity contribution in [2.45, 2.75) is 25.9 Å². The standard InChI is InChI=1S/C19H20N2O/c1-2-7-19(16-8-4-3-5-9-16)22-18-12-10-17(11-13-18)21-15-6-14-20-21/h3-6,8-15,19H,2,7H2,1H3. The molecule has 0 spiro atoms. The first kappa shape index (κ1) is 14.4. The molecule has 0 aliphatic heterocycles. The Morgan fingerprint density at radius 1 is 1.00 bits per heavy atom. The molecule has 0 aliphatic carbocycles. The molecule has 0 bridgehead atoms. The highest BCUT2D eigenvalue weighted by atomic mass is 16.5. The van der Waals surface area contributed by atoms with Crippen LogP contribution < -0.4 is 4.74 Å². The molecule has 0 radical (unpaired) electrons. The maximum atomic E-state index is 6.18. The van der Waals surface area contributed by atoms with Gasteiger partial charge < -0.3 is 4.74 Å². The van der Waals surface area contributed by atoms with Crippen molar-refractivity contribution in [3.8, 4) is 11.4 Å². The molecule has 1 atom stereocenters. The molecule has 22 heavy (non-hydrogen) atoms. The van der Waals surface area contributed by atoms with E-state index >= 15 is 0 Å². The van der Waals surface area contributed by atoms with E-state index in [2.05, 4.69) is 36.3 Å². The summed E-state index contributed by atoms with van der Waals surface area (Å²) in [4.78, 5) is 0. The van der Waals surface area contributed by atoms with Gasteiger partial charge in [-0.2, -0.15) is 5.10 Å². The number of hydrogen-bond acceptors (Lipinski definition) is 2. The zero-order chi connectivity index (χ0) is 15.2. The van der Waals surface area contributed by atoms with Crippen molar-refractivity contribution >= 4 is 0 Å². The molecular formula is C19H20N2O. The van der Waals surface area contributed by atoms with E-state index < -0.39 is 0 Å². The van der Waals surface area contributed by atoms with Crippen LogP contribution in [-0.4, -0.2) is 9.78 Å². The Morgan fingerprint density at radius 2 is 1.77 bits per heavy atom. The van der Waals surface area contributed by atoms with E-state index in [1.807, 2.05) is 47.3 Å². The average Bonchev–Trinajstić information content (AvgIpc) is 3.10. The minimum atomic E-state index is 0.0988. The summed E-state index contributed by atoms with van der Waals surface area (Å²) in [6.45, 7) is 2.18. The highest BCUT2D eigenvalue weighted by molar-refractivity contribution is 5.37. The van der Waals surface area contributed by atoms with E-state index in [0.29, 0.717) is 0 Å². The van der Waals surface area contributed by atoms with Crippen LogP contribution in [0.5, 0.6) is 5.75 Å². The van der Waals surface area contributed by atoms with E-state index in [9.17, 15) is 0 Å². The quantitative estimate of drug-likeness (QED) is 0.653. The van der Waals surface area contributed by atoms with Crippen LogP contribution in [0.25, 0.3) is 5.69 Å². The number of benzene rings is 2. The molecule has 3 heteroatoms. The third-order valence-electron chi connectivity index (χ3n) is 3.61. The number of aromatic nitrogens is 2. The van der Waals surface area contributed by atoms with Crippen molar-refractivity contribution < 1.29 is 4.74 Å². The number of ether oxygens (including phenoxy) is 1. The van der Waals surface area contributed by atoms with Crippen LogP contribution >= 0.6 is 0 Å². The molecule has 0 saturated heterocycles. The van der Waals surface area contributed by atoms with E-state index in [4.69, 9.17) is 4.74 Å². The van der Waals surface area contributed by atoms with Crippen LogP contribution in [0.4, 0.5) is 0 Å². The SMILES string of the molecule is CCCC(Oc1ccc(-n2cccn2)cc1)c1ccccc1. The van der Waals surface area contributed by atoms with Gasteiger partial charge in [0.2, 0.25) is 0 Å². The van der Waals surface area contributed by atoms with Crippen molar-refractivity contribution in [1.82, 2.24) is 9.78 Å². The van der Waals surface area contributed by atoms with Gasteiger partial charge in [-0.1, -0.05) is 43.7 Å². The van der Waals surface area contributed by atoms with Gasteiger partial charge in [-0.25, -0.2) is 4.68 Å². The Morgan fingerprint density at radius 3 is 2.41 bits per heavy atom. The van der Waals surface area contributed by atoms with E-state index in [-0.39, 0.29) is 6.10 Å². The maximum absolute atomic E-state index is 6.18. The smallest absolute Gasteiger partial charge is 0.124 e. The molecule has 3 nitrogen and oxygen atoms in total. The molecule has 0 aliphatic rings. The number of hydrogen-bond donors (Lipinski definition) is 0. The first-order valence-corrected chi connectivity index (χ1v) is 7.68. The van der Waals surface area contributed by atoms with Gasteiger partial charge in [-0.15, -0.1) is 0 Å². The van der Waals surface area contributed by atoms with Gasteiger partial charge in [0.05, 0.1) is 5.69 Å². The minimum Gasteiger partial charge on any atom is -0.486 e. The lowest BCUT2D eigenvalue weighted by Crippen LogP contribution is -2.07. The molecule has 1 unspecified atom stereocenters. The van der Waals surface area contributed by atoms with Gasteiger partial charge in [0.25, 0.3) is 0 Å². The van der Waals surface area contributed by atoms with Crippen LogP contribution in [0.3, 0.4) is 0 Å². The minimum absolute atomic E-state index is 0.0988. The zero-order valence-corrected chi connectivity index (χ0v) is 12.7. The molecule has 3 rings (SSSR count). The Bertz CT molecular complexity index is 675. The van der Waals surface area contributed by atoms with Crippen molar-refractivity contribution in [3.63, 3.8) is 0 Å². The fourth-order valence-electron chi connectivity index (χ4n) is 2.49. The summed E-state index contributed by atoms with van der Waals surface area (Å²) in [6, 6.07) is 20.4. The van der Waals surface area contributed by atoms with E-state index in [0.717, 1.165) is 24.3 Å². The van der Waals surface area contributed by atoms with E-state index in [1.54, 1.807) is 6.20 Å².